The predicted octanol–water partition coefficient (Wildman–Crippen LogP) is 1.46. The lowest BCUT2D eigenvalue weighted by atomic mass is 10.1. The molecule has 114 valence electrons. The van der Waals surface area contributed by atoms with Crippen LogP contribution in [-0.2, 0) is 0 Å². The highest BCUT2D eigenvalue weighted by Gasteiger charge is 2.27. The van der Waals surface area contributed by atoms with E-state index in [0.717, 1.165) is 37.1 Å². The standard InChI is InChI=1S/C16H24N4O/c1-11-7-13(16(17)21)8-15(19-11)20(9-12-4-5-12)10-14-3-2-6-18-14/h7-8,12,14,18H,2-6,9-10H2,1H3,(H2,17,21). The molecule has 1 atom stereocenters. The Morgan fingerprint density at radius 1 is 1.38 bits per heavy atom. The van der Waals surface area contributed by atoms with E-state index in [1.165, 1.54) is 25.7 Å². The Kier molecular flexibility index (Phi) is 4.10. The molecule has 3 rings (SSSR count). The minimum Gasteiger partial charge on any atom is -0.366 e. The van der Waals surface area contributed by atoms with E-state index in [-0.39, 0.29) is 5.91 Å². The van der Waals surface area contributed by atoms with Crippen LogP contribution in [0.3, 0.4) is 0 Å². The van der Waals surface area contributed by atoms with Crippen LogP contribution in [0.1, 0.15) is 41.7 Å². The number of amides is 1. The smallest absolute Gasteiger partial charge is 0.248 e. The number of nitrogens with zero attached hydrogens (tertiary/aromatic N) is 2. The van der Waals surface area contributed by atoms with Crippen molar-refractivity contribution in [1.29, 1.82) is 0 Å². The zero-order chi connectivity index (χ0) is 14.8. The van der Waals surface area contributed by atoms with Gasteiger partial charge in [0.05, 0.1) is 0 Å². The second-order valence-electron chi connectivity index (χ2n) is 6.36. The molecule has 1 aliphatic carbocycles. The van der Waals surface area contributed by atoms with Crippen LogP contribution in [0.15, 0.2) is 12.1 Å². The van der Waals surface area contributed by atoms with Crippen LogP contribution in [0.25, 0.3) is 0 Å². The molecule has 5 heteroatoms. The van der Waals surface area contributed by atoms with Crippen molar-refractivity contribution >= 4 is 11.7 Å². The van der Waals surface area contributed by atoms with Gasteiger partial charge in [-0.2, -0.15) is 0 Å². The molecule has 3 N–H and O–H groups in total. The highest BCUT2D eigenvalue weighted by molar-refractivity contribution is 5.93. The maximum absolute atomic E-state index is 11.5. The van der Waals surface area contributed by atoms with Gasteiger partial charge in [-0.05, 0) is 57.2 Å². The molecule has 1 saturated carbocycles. The van der Waals surface area contributed by atoms with Gasteiger partial charge in [-0.25, -0.2) is 4.98 Å². The maximum atomic E-state index is 11.5. The molecule has 0 bridgehead atoms. The molecule has 1 aromatic heterocycles. The Labute approximate surface area is 125 Å². The van der Waals surface area contributed by atoms with Crippen LogP contribution in [0.2, 0.25) is 0 Å². The Morgan fingerprint density at radius 3 is 2.81 bits per heavy atom. The maximum Gasteiger partial charge on any atom is 0.248 e. The quantitative estimate of drug-likeness (QED) is 0.831. The zero-order valence-corrected chi connectivity index (χ0v) is 12.6. The molecule has 5 nitrogen and oxygen atoms in total. The molecule has 1 aromatic rings. The van der Waals surface area contributed by atoms with Crippen LogP contribution in [0.5, 0.6) is 0 Å². The zero-order valence-electron chi connectivity index (χ0n) is 12.6. The lowest BCUT2D eigenvalue weighted by Gasteiger charge is -2.27. The summed E-state index contributed by atoms with van der Waals surface area (Å²) in [7, 11) is 0. The fourth-order valence-electron chi connectivity index (χ4n) is 3.01. The van der Waals surface area contributed by atoms with Gasteiger partial charge in [-0.15, -0.1) is 0 Å². The number of aryl methyl sites for hydroxylation is 1. The first-order valence-electron chi connectivity index (χ1n) is 7.88. The summed E-state index contributed by atoms with van der Waals surface area (Å²) in [5.41, 5.74) is 6.83. The van der Waals surface area contributed by atoms with Gasteiger partial charge in [0, 0.05) is 30.4 Å². The lowest BCUT2D eigenvalue weighted by Crippen LogP contribution is -2.39. The molecule has 2 heterocycles. The first kappa shape index (κ1) is 14.3. The number of primary amides is 1. The van der Waals surface area contributed by atoms with Crippen molar-refractivity contribution in [2.45, 2.75) is 38.6 Å². The van der Waals surface area contributed by atoms with E-state index in [4.69, 9.17) is 5.73 Å². The van der Waals surface area contributed by atoms with Crippen molar-refractivity contribution in [2.24, 2.45) is 11.7 Å². The van der Waals surface area contributed by atoms with Gasteiger partial charge >= 0.3 is 0 Å². The van der Waals surface area contributed by atoms with Gasteiger partial charge in [-0.1, -0.05) is 0 Å². The average molecular weight is 288 g/mol. The molecule has 1 saturated heterocycles. The van der Waals surface area contributed by atoms with Crippen LogP contribution in [-0.4, -0.2) is 36.6 Å². The van der Waals surface area contributed by atoms with Crippen LogP contribution < -0.4 is 16.0 Å². The van der Waals surface area contributed by atoms with Crippen molar-refractivity contribution in [3.63, 3.8) is 0 Å². The SMILES string of the molecule is Cc1cc(C(N)=O)cc(N(CC2CC2)CC2CCCN2)n1. The molecule has 0 radical (unpaired) electrons. The van der Waals surface area contributed by atoms with Crippen molar-refractivity contribution in [1.82, 2.24) is 10.3 Å². The molecule has 1 aliphatic heterocycles. The minimum absolute atomic E-state index is 0.382. The number of hydrogen-bond donors (Lipinski definition) is 2. The summed E-state index contributed by atoms with van der Waals surface area (Å²) in [6, 6.07) is 4.13. The summed E-state index contributed by atoms with van der Waals surface area (Å²) < 4.78 is 0. The first-order chi connectivity index (χ1) is 10.1. The molecular weight excluding hydrogens is 264 g/mol. The van der Waals surface area contributed by atoms with Gasteiger partial charge in [0.15, 0.2) is 0 Å². The fourth-order valence-corrected chi connectivity index (χ4v) is 3.01. The number of rotatable bonds is 6. The van der Waals surface area contributed by atoms with Gasteiger partial charge in [0.2, 0.25) is 5.91 Å². The van der Waals surface area contributed by atoms with Gasteiger partial charge in [0.25, 0.3) is 0 Å². The van der Waals surface area contributed by atoms with Crippen LogP contribution in [0, 0.1) is 12.8 Å². The van der Waals surface area contributed by atoms with Crippen molar-refractivity contribution in [3.05, 3.63) is 23.4 Å². The Morgan fingerprint density at radius 2 is 2.19 bits per heavy atom. The fraction of sp³-hybridized carbons (Fsp3) is 0.625. The first-order valence-corrected chi connectivity index (χ1v) is 7.88. The van der Waals surface area contributed by atoms with E-state index < -0.39 is 0 Å². The van der Waals surface area contributed by atoms with Crippen LogP contribution >= 0.6 is 0 Å². The van der Waals surface area contributed by atoms with Crippen LogP contribution in [0.4, 0.5) is 5.82 Å². The van der Waals surface area contributed by atoms with E-state index >= 15 is 0 Å². The largest absolute Gasteiger partial charge is 0.366 e. The highest BCUT2D eigenvalue weighted by Crippen LogP contribution is 2.31. The monoisotopic (exact) mass is 288 g/mol. The Balaban J connectivity index is 1.81. The van der Waals surface area contributed by atoms with E-state index in [9.17, 15) is 4.79 Å². The summed E-state index contributed by atoms with van der Waals surface area (Å²) in [6.07, 6.45) is 5.08. The third-order valence-electron chi connectivity index (χ3n) is 4.33. The summed E-state index contributed by atoms with van der Waals surface area (Å²) >= 11 is 0. The van der Waals surface area contributed by atoms with E-state index in [2.05, 4.69) is 15.2 Å². The summed E-state index contributed by atoms with van der Waals surface area (Å²) in [4.78, 5) is 18.4. The van der Waals surface area contributed by atoms with Crippen molar-refractivity contribution < 1.29 is 4.79 Å². The number of pyridine rings is 1. The third-order valence-corrected chi connectivity index (χ3v) is 4.33. The summed E-state index contributed by atoms with van der Waals surface area (Å²) in [5, 5.41) is 3.54. The van der Waals surface area contributed by atoms with Gasteiger partial charge in [-0.3, -0.25) is 4.79 Å². The number of nitrogens with two attached hydrogens (primary N) is 1. The van der Waals surface area contributed by atoms with E-state index in [0.29, 0.717) is 11.6 Å². The second-order valence-corrected chi connectivity index (χ2v) is 6.36. The summed E-state index contributed by atoms with van der Waals surface area (Å²) in [5.74, 6) is 1.29. The molecule has 21 heavy (non-hydrogen) atoms. The number of carbonyl (C=O) groups is 1. The lowest BCUT2D eigenvalue weighted by molar-refractivity contribution is 0.1000. The topological polar surface area (TPSA) is 71.2 Å². The molecule has 1 amide bonds. The average Bonchev–Trinajstić information content (AvgIpc) is 3.11. The van der Waals surface area contributed by atoms with Crippen molar-refractivity contribution in [3.8, 4) is 0 Å². The number of nitrogens with one attached hydrogen (secondary N) is 1. The molecule has 1 unspecified atom stereocenters. The minimum atomic E-state index is -0.382. The number of aromatic nitrogens is 1. The summed E-state index contributed by atoms with van der Waals surface area (Å²) in [6.45, 7) is 5.02. The van der Waals surface area contributed by atoms with E-state index in [1.807, 2.05) is 13.0 Å². The van der Waals surface area contributed by atoms with E-state index in [1.54, 1.807) is 6.07 Å². The number of hydrogen-bond acceptors (Lipinski definition) is 4. The predicted molar refractivity (Wildman–Crippen MR) is 83.5 cm³/mol. The highest BCUT2D eigenvalue weighted by atomic mass is 16.1. The number of carbonyl (C=O) groups excluding carboxylic acids is 1. The Bertz CT molecular complexity index is 521. The number of anilines is 1. The third kappa shape index (κ3) is 3.73. The Hall–Kier alpha value is -1.62. The second kappa shape index (κ2) is 6.02. The van der Waals surface area contributed by atoms with Gasteiger partial charge in [0.1, 0.15) is 5.82 Å². The molecule has 0 spiro atoms. The molecule has 2 fully saturated rings. The molecular formula is C16H24N4O. The van der Waals surface area contributed by atoms with Gasteiger partial charge < -0.3 is 16.0 Å². The normalized spacial score (nSPS) is 21.5. The molecule has 2 aliphatic rings. The molecule has 0 aromatic carbocycles. The van der Waals surface area contributed by atoms with Crippen molar-refractivity contribution in [2.75, 3.05) is 24.5 Å².